The third-order valence-electron chi connectivity index (χ3n) is 6.30. The van der Waals surface area contributed by atoms with E-state index in [1.54, 1.807) is 23.1 Å². The fourth-order valence-corrected chi connectivity index (χ4v) is 4.23. The van der Waals surface area contributed by atoms with Gasteiger partial charge < -0.3 is 24.7 Å². The number of hydrogen-bond acceptors (Lipinski definition) is 6. The van der Waals surface area contributed by atoms with E-state index in [0.717, 1.165) is 11.3 Å². The third kappa shape index (κ3) is 5.69. The molecule has 0 unspecified atom stereocenters. The van der Waals surface area contributed by atoms with Crippen LogP contribution in [0.2, 0.25) is 0 Å². The molecule has 0 saturated carbocycles. The standard InChI is InChI=1S/C26H35N3O5/c1-17-13-29(18(2)16-30)25(31)21-7-6-8-22(27(3)4)24(21)34-23(17)15-28(5)14-19-9-11-20(12-10-19)26(32)33/h6-12,17-18,23,30H,13-16H2,1-5H3,(H,32,33)/t17-,18+,23-/m0/s1. The molecule has 0 radical (unpaired) electrons. The Morgan fingerprint density at radius 1 is 1.18 bits per heavy atom. The number of nitrogens with zero attached hydrogens (tertiary/aromatic N) is 3. The normalized spacial score (nSPS) is 19.1. The summed E-state index contributed by atoms with van der Waals surface area (Å²) >= 11 is 0. The zero-order chi connectivity index (χ0) is 25.0. The van der Waals surface area contributed by atoms with Crippen molar-refractivity contribution in [3.8, 4) is 5.75 Å². The van der Waals surface area contributed by atoms with E-state index in [4.69, 9.17) is 9.84 Å². The van der Waals surface area contributed by atoms with E-state index < -0.39 is 5.97 Å². The molecule has 1 amide bonds. The molecular formula is C26H35N3O5. The topological polar surface area (TPSA) is 93.6 Å². The van der Waals surface area contributed by atoms with E-state index in [-0.39, 0.29) is 36.1 Å². The molecule has 8 nitrogen and oxygen atoms in total. The summed E-state index contributed by atoms with van der Waals surface area (Å²) in [4.78, 5) is 30.3. The zero-order valence-corrected chi connectivity index (χ0v) is 20.6. The highest BCUT2D eigenvalue weighted by atomic mass is 16.5. The van der Waals surface area contributed by atoms with Crippen LogP contribution < -0.4 is 9.64 Å². The number of rotatable bonds is 8. The van der Waals surface area contributed by atoms with Crippen molar-refractivity contribution in [2.45, 2.75) is 32.5 Å². The van der Waals surface area contributed by atoms with Crippen LogP contribution >= 0.6 is 0 Å². The smallest absolute Gasteiger partial charge is 0.335 e. The van der Waals surface area contributed by atoms with Crippen molar-refractivity contribution in [1.29, 1.82) is 0 Å². The Hall–Kier alpha value is -3.10. The van der Waals surface area contributed by atoms with Gasteiger partial charge in [0.1, 0.15) is 6.10 Å². The van der Waals surface area contributed by atoms with E-state index in [1.807, 2.05) is 57.2 Å². The number of carbonyl (C=O) groups excluding carboxylic acids is 1. The summed E-state index contributed by atoms with van der Waals surface area (Å²) in [6, 6.07) is 12.1. The first kappa shape index (κ1) is 25.5. The van der Waals surface area contributed by atoms with Gasteiger partial charge in [-0.1, -0.05) is 25.1 Å². The highest BCUT2D eigenvalue weighted by molar-refractivity contribution is 5.99. The minimum absolute atomic E-state index is 0.0122. The molecule has 0 fully saturated rings. The maximum Gasteiger partial charge on any atom is 0.335 e. The summed E-state index contributed by atoms with van der Waals surface area (Å²) < 4.78 is 6.56. The summed E-state index contributed by atoms with van der Waals surface area (Å²) in [6.45, 7) is 5.51. The fraction of sp³-hybridized carbons (Fsp3) is 0.462. The summed E-state index contributed by atoms with van der Waals surface area (Å²) in [5.41, 5.74) is 2.59. The number of anilines is 1. The lowest BCUT2D eigenvalue weighted by Crippen LogP contribution is -2.49. The number of aliphatic hydroxyl groups excluding tert-OH is 1. The SMILES string of the molecule is C[C@H](CO)N1C[C@H](C)[C@H](CN(C)Cc2ccc(C(=O)O)cc2)Oc2c(cccc2N(C)C)C1=O. The van der Waals surface area contributed by atoms with Gasteiger partial charge in [-0.05, 0) is 43.8 Å². The number of para-hydroxylation sites is 1. The van der Waals surface area contributed by atoms with E-state index in [0.29, 0.717) is 30.9 Å². The van der Waals surface area contributed by atoms with E-state index in [1.165, 1.54) is 0 Å². The summed E-state index contributed by atoms with van der Waals surface area (Å²) in [6.07, 6.45) is -0.204. The van der Waals surface area contributed by atoms with E-state index in [2.05, 4.69) is 11.8 Å². The zero-order valence-electron chi connectivity index (χ0n) is 20.6. The van der Waals surface area contributed by atoms with E-state index >= 15 is 0 Å². The Morgan fingerprint density at radius 2 is 1.85 bits per heavy atom. The van der Waals surface area contributed by atoms with Gasteiger partial charge in [-0.2, -0.15) is 0 Å². The molecule has 184 valence electrons. The number of aromatic carboxylic acids is 1. The monoisotopic (exact) mass is 469 g/mol. The first-order valence-electron chi connectivity index (χ1n) is 11.5. The van der Waals surface area contributed by atoms with Crippen molar-refractivity contribution in [3.63, 3.8) is 0 Å². The highest BCUT2D eigenvalue weighted by Gasteiger charge is 2.34. The van der Waals surface area contributed by atoms with Crippen LogP contribution in [0.3, 0.4) is 0 Å². The minimum Gasteiger partial charge on any atom is -0.486 e. The Balaban J connectivity index is 1.89. The lowest BCUT2D eigenvalue weighted by Gasteiger charge is -2.39. The molecule has 8 heteroatoms. The molecule has 3 rings (SSSR count). The van der Waals surface area contributed by atoms with Gasteiger partial charge in [0.15, 0.2) is 5.75 Å². The average Bonchev–Trinajstić information content (AvgIpc) is 2.80. The minimum atomic E-state index is -0.941. The number of carboxylic acids is 1. The summed E-state index contributed by atoms with van der Waals surface area (Å²) in [5, 5.41) is 18.9. The van der Waals surface area contributed by atoms with Gasteiger partial charge in [-0.3, -0.25) is 9.69 Å². The van der Waals surface area contributed by atoms with Gasteiger partial charge in [0, 0.05) is 39.6 Å². The van der Waals surface area contributed by atoms with Gasteiger partial charge in [0.05, 0.1) is 29.5 Å². The second kappa shape index (κ2) is 10.9. The molecule has 3 atom stereocenters. The third-order valence-corrected chi connectivity index (χ3v) is 6.30. The molecule has 0 aliphatic carbocycles. The van der Waals surface area contributed by atoms with Gasteiger partial charge in [-0.25, -0.2) is 4.79 Å². The number of amides is 1. The molecule has 1 aliphatic rings. The van der Waals surface area contributed by atoms with Crippen LogP contribution in [-0.4, -0.2) is 84.9 Å². The summed E-state index contributed by atoms with van der Waals surface area (Å²) in [5.74, 6) is -0.512. The molecular weight excluding hydrogens is 434 g/mol. The van der Waals surface area contributed by atoms with Gasteiger partial charge in [0.2, 0.25) is 0 Å². The number of carboxylic acid groups (broad SMARTS) is 1. The predicted molar refractivity (Wildman–Crippen MR) is 132 cm³/mol. The maximum absolute atomic E-state index is 13.4. The van der Waals surface area contributed by atoms with Gasteiger partial charge >= 0.3 is 5.97 Å². The van der Waals surface area contributed by atoms with Crippen molar-refractivity contribution in [1.82, 2.24) is 9.80 Å². The first-order chi connectivity index (χ1) is 16.1. The van der Waals surface area contributed by atoms with Crippen LogP contribution in [0.25, 0.3) is 0 Å². The average molecular weight is 470 g/mol. The molecule has 0 spiro atoms. The number of carbonyl (C=O) groups is 2. The molecule has 1 heterocycles. The number of benzene rings is 2. The molecule has 1 aliphatic heterocycles. The number of aliphatic hydroxyl groups is 1. The Bertz CT molecular complexity index is 1010. The number of hydrogen-bond donors (Lipinski definition) is 2. The van der Waals surface area contributed by atoms with Crippen LogP contribution in [0.4, 0.5) is 5.69 Å². The lowest BCUT2D eigenvalue weighted by molar-refractivity contribution is 0.0343. The second-order valence-corrected chi connectivity index (χ2v) is 9.37. The van der Waals surface area contributed by atoms with Crippen molar-refractivity contribution in [3.05, 3.63) is 59.2 Å². The molecule has 0 bridgehead atoms. The summed E-state index contributed by atoms with van der Waals surface area (Å²) in [7, 11) is 5.83. The second-order valence-electron chi connectivity index (χ2n) is 9.37. The molecule has 2 aromatic carbocycles. The Morgan fingerprint density at radius 3 is 2.44 bits per heavy atom. The van der Waals surface area contributed by atoms with Crippen LogP contribution in [0.1, 0.15) is 40.1 Å². The van der Waals surface area contributed by atoms with Crippen molar-refractivity contribution in [2.24, 2.45) is 5.92 Å². The number of ether oxygens (including phenoxy) is 1. The Kier molecular flexibility index (Phi) is 8.17. The number of fused-ring (bicyclic) bond motifs is 1. The van der Waals surface area contributed by atoms with Crippen molar-refractivity contribution >= 4 is 17.6 Å². The molecule has 2 aromatic rings. The van der Waals surface area contributed by atoms with Crippen LogP contribution in [0.5, 0.6) is 5.75 Å². The van der Waals surface area contributed by atoms with Gasteiger partial charge in [0.25, 0.3) is 5.91 Å². The van der Waals surface area contributed by atoms with Gasteiger partial charge in [-0.15, -0.1) is 0 Å². The van der Waals surface area contributed by atoms with Crippen molar-refractivity contribution < 1.29 is 24.5 Å². The molecule has 0 saturated heterocycles. The van der Waals surface area contributed by atoms with E-state index in [9.17, 15) is 14.7 Å². The van der Waals surface area contributed by atoms with Crippen LogP contribution in [0.15, 0.2) is 42.5 Å². The van der Waals surface area contributed by atoms with Crippen LogP contribution in [-0.2, 0) is 6.54 Å². The van der Waals surface area contributed by atoms with Crippen molar-refractivity contribution in [2.75, 3.05) is 45.7 Å². The fourth-order valence-electron chi connectivity index (χ4n) is 4.23. The predicted octanol–water partition coefficient (Wildman–Crippen LogP) is 2.80. The molecule has 34 heavy (non-hydrogen) atoms. The highest BCUT2D eigenvalue weighted by Crippen LogP contribution is 2.36. The number of likely N-dealkylation sites (N-methyl/N-ethyl adjacent to an activating group) is 1. The quantitative estimate of drug-likeness (QED) is 0.614. The molecule has 0 aromatic heterocycles. The lowest BCUT2D eigenvalue weighted by atomic mass is 9.98. The first-order valence-corrected chi connectivity index (χ1v) is 11.5. The molecule has 2 N–H and O–H groups in total. The Labute approximate surface area is 201 Å². The maximum atomic E-state index is 13.4. The largest absolute Gasteiger partial charge is 0.486 e. The van der Waals surface area contributed by atoms with Crippen LogP contribution in [0, 0.1) is 5.92 Å².